The van der Waals surface area contributed by atoms with Crippen molar-refractivity contribution in [2.24, 2.45) is 0 Å². The van der Waals surface area contributed by atoms with Gasteiger partial charge in [0.25, 0.3) is 0 Å². The predicted molar refractivity (Wildman–Crippen MR) is 68.5 cm³/mol. The second-order valence-corrected chi connectivity index (χ2v) is 4.49. The molecule has 0 aliphatic rings. The maximum Gasteiger partial charge on any atom is 0.221 e. The standard InChI is InChI=1S/C11H9BrF2N4/c1-5-4-16-11(15)18-10(5)17-9-3-7(13)6(12)2-8(9)14/h2-4H,1H3,(H3,15,16,17,18). The van der Waals surface area contributed by atoms with E-state index in [0.29, 0.717) is 11.4 Å². The topological polar surface area (TPSA) is 63.8 Å². The third-order valence-electron chi connectivity index (χ3n) is 2.25. The molecule has 0 spiro atoms. The summed E-state index contributed by atoms with van der Waals surface area (Å²) < 4.78 is 27.0. The Morgan fingerprint density at radius 1 is 1.28 bits per heavy atom. The van der Waals surface area contributed by atoms with Gasteiger partial charge in [-0.15, -0.1) is 0 Å². The Bertz CT molecular complexity index is 604. The fourth-order valence-electron chi connectivity index (χ4n) is 1.33. The molecule has 1 aromatic carbocycles. The summed E-state index contributed by atoms with van der Waals surface area (Å²) >= 11 is 2.90. The maximum absolute atomic E-state index is 13.6. The van der Waals surface area contributed by atoms with Crippen LogP contribution in [0.5, 0.6) is 0 Å². The number of nitrogens with two attached hydrogens (primary N) is 1. The lowest BCUT2D eigenvalue weighted by Crippen LogP contribution is -2.03. The summed E-state index contributed by atoms with van der Waals surface area (Å²) in [4.78, 5) is 7.70. The normalized spacial score (nSPS) is 10.4. The molecule has 0 amide bonds. The minimum absolute atomic E-state index is 0.0168. The molecule has 0 saturated heterocycles. The van der Waals surface area contributed by atoms with Crippen LogP contribution < -0.4 is 11.1 Å². The van der Waals surface area contributed by atoms with Crippen molar-refractivity contribution in [3.8, 4) is 0 Å². The van der Waals surface area contributed by atoms with E-state index in [1.54, 1.807) is 6.92 Å². The molecule has 0 aliphatic carbocycles. The molecule has 0 atom stereocenters. The van der Waals surface area contributed by atoms with E-state index in [1.165, 1.54) is 6.20 Å². The Morgan fingerprint density at radius 3 is 2.72 bits per heavy atom. The molecule has 0 fully saturated rings. The SMILES string of the molecule is Cc1cnc(N)nc1Nc1cc(F)c(Br)cc1F. The van der Waals surface area contributed by atoms with Gasteiger partial charge in [0.1, 0.15) is 17.5 Å². The fourth-order valence-corrected chi connectivity index (χ4v) is 1.64. The number of hydrogen-bond donors (Lipinski definition) is 2. The number of nitrogens with zero attached hydrogens (tertiary/aromatic N) is 2. The zero-order valence-corrected chi connectivity index (χ0v) is 10.9. The highest BCUT2D eigenvalue weighted by atomic mass is 79.9. The summed E-state index contributed by atoms with van der Waals surface area (Å²) in [5, 5.41) is 2.68. The van der Waals surface area contributed by atoms with Crippen molar-refractivity contribution in [1.29, 1.82) is 0 Å². The Morgan fingerprint density at radius 2 is 2.00 bits per heavy atom. The Labute approximate surface area is 110 Å². The Balaban J connectivity index is 2.40. The summed E-state index contributed by atoms with van der Waals surface area (Å²) in [5.41, 5.74) is 6.09. The minimum atomic E-state index is -0.597. The van der Waals surface area contributed by atoms with Crippen LogP contribution in [0.4, 0.5) is 26.2 Å². The summed E-state index contributed by atoms with van der Waals surface area (Å²) in [5.74, 6) is -0.775. The minimum Gasteiger partial charge on any atom is -0.368 e. The molecule has 2 aromatic rings. The molecule has 3 N–H and O–H groups in total. The number of aromatic nitrogens is 2. The monoisotopic (exact) mass is 314 g/mol. The lowest BCUT2D eigenvalue weighted by molar-refractivity contribution is 0.597. The molecule has 0 saturated carbocycles. The first-order chi connectivity index (χ1) is 8.47. The smallest absolute Gasteiger partial charge is 0.221 e. The summed E-state index contributed by atoms with van der Waals surface area (Å²) in [6.07, 6.45) is 1.50. The predicted octanol–water partition coefficient (Wildman–Crippen LogP) is 3.15. The number of rotatable bonds is 2. The van der Waals surface area contributed by atoms with E-state index in [1.807, 2.05) is 0 Å². The van der Waals surface area contributed by atoms with Crippen molar-refractivity contribution in [3.63, 3.8) is 0 Å². The van der Waals surface area contributed by atoms with E-state index >= 15 is 0 Å². The first kappa shape index (κ1) is 12.7. The van der Waals surface area contributed by atoms with Gasteiger partial charge < -0.3 is 11.1 Å². The second kappa shape index (κ2) is 4.85. The van der Waals surface area contributed by atoms with Gasteiger partial charge in [-0.3, -0.25) is 0 Å². The van der Waals surface area contributed by atoms with E-state index in [4.69, 9.17) is 5.73 Å². The van der Waals surface area contributed by atoms with Crippen molar-refractivity contribution >= 4 is 33.4 Å². The van der Waals surface area contributed by atoms with Crippen molar-refractivity contribution in [2.45, 2.75) is 6.92 Å². The second-order valence-electron chi connectivity index (χ2n) is 3.63. The van der Waals surface area contributed by atoms with Crippen LogP contribution in [-0.2, 0) is 0 Å². The Hall–Kier alpha value is -1.76. The molecule has 1 heterocycles. The highest BCUT2D eigenvalue weighted by Gasteiger charge is 2.10. The van der Waals surface area contributed by atoms with Crippen LogP contribution in [0.3, 0.4) is 0 Å². The third kappa shape index (κ3) is 2.56. The van der Waals surface area contributed by atoms with Gasteiger partial charge in [-0.05, 0) is 28.9 Å². The molecule has 2 rings (SSSR count). The van der Waals surface area contributed by atoms with Crippen LogP contribution >= 0.6 is 15.9 Å². The lowest BCUT2D eigenvalue weighted by Gasteiger charge is -2.10. The average molecular weight is 315 g/mol. The molecular formula is C11H9BrF2N4. The van der Waals surface area contributed by atoms with Crippen molar-refractivity contribution in [1.82, 2.24) is 9.97 Å². The third-order valence-corrected chi connectivity index (χ3v) is 2.86. The molecular weight excluding hydrogens is 306 g/mol. The molecule has 0 bridgehead atoms. The van der Waals surface area contributed by atoms with E-state index < -0.39 is 11.6 Å². The lowest BCUT2D eigenvalue weighted by atomic mass is 10.2. The number of hydrogen-bond acceptors (Lipinski definition) is 4. The molecule has 7 heteroatoms. The highest BCUT2D eigenvalue weighted by Crippen LogP contribution is 2.26. The van der Waals surface area contributed by atoms with E-state index in [-0.39, 0.29) is 16.1 Å². The van der Waals surface area contributed by atoms with E-state index in [9.17, 15) is 8.78 Å². The van der Waals surface area contributed by atoms with Crippen LogP contribution in [0.1, 0.15) is 5.56 Å². The fraction of sp³-hybridized carbons (Fsp3) is 0.0909. The van der Waals surface area contributed by atoms with Gasteiger partial charge in [-0.1, -0.05) is 0 Å². The van der Waals surface area contributed by atoms with Gasteiger partial charge in [0.2, 0.25) is 5.95 Å². The molecule has 18 heavy (non-hydrogen) atoms. The van der Waals surface area contributed by atoms with E-state index in [0.717, 1.165) is 12.1 Å². The van der Waals surface area contributed by atoms with E-state index in [2.05, 4.69) is 31.2 Å². The van der Waals surface area contributed by atoms with Crippen molar-refractivity contribution < 1.29 is 8.78 Å². The summed E-state index contributed by atoms with van der Waals surface area (Å²) in [7, 11) is 0. The van der Waals surface area contributed by atoms with Gasteiger partial charge >= 0.3 is 0 Å². The zero-order valence-electron chi connectivity index (χ0n) is 9.34. The van der Waals surface area contributed by atoms with Gasteiger partial charge in [0.05, 0.1) is 10.2 Å². The number of aryl methyl sites for hydroxylation is 1. The number of halogens is 3. The van der Waals surface area contributed by atoms with Gasteiger partial charge in [0.15, 0.2) is 0 Å². The number of nitrogen functional groups attached to an aromatic ring is 1. The van der Waals surface area contributed by atoms with Gasteiger partial charge in [-0.25, -0.2) is 13.8 Å². The van der Waals surface area contributed by atoms with Crippen molar-refractivity contribution in [2.75, 3.05) is 11.1 Å². The summed E-state index contributed by atoms with van der Waals surface area (Å²) in [6.45, 7) is 1.73. The first-order valence-corrected chi connectivity index (χ1v) is 5.77. The first-order valence-electron chi connectivity index (χ1n) is 4.98. The highest BCUT2D eigenvalue weighted by molar-refractivity contribution is 9.10. The van der Waals surface area contributed by atoms with Gasteiger partial charge in [-0.2, -0.15) is 4.98 Å². The number of benzene rings is 1. The van der Waals surface area contributed by atoms with Gasteiger partial charge in [0, 0.05) is 17.8 Å². The van der Waals surface area contributed by atoms with Crippen LogP contribution in [0.2, 0.25) is 0 Å². The zero-order chi connectivity index (χ0) is 13.3. The van der Waals surface area contributed by atoms with Crippen LogP contribution in [0.15, 0.2) is 22.8 Å². The van der Waals surface area contributed by atoms with Crippen molar-refractivity contribution in [3.05, 3.63) is 40.0 Å². The molecule has 1 aromatic heterocycles. The molecule has 94 valence electrons. The molecule has 0 aliphatic heterocycles. The Kier molecular flexibility index (Phi) is 3.42. The number of nitrogens with one attached hydrogen (secondary N) is 1. The molecule has 0 unspecified atom stereocenters. The largest absolute Gasteiger partial charge is 0.368 e. The average Bonchev–Trinajstić information content (AvgIpc) is 2.30. The molecule has 4 nitrogen and oxygen atoms in total. The van der Waals surface area contributed by atoms with Crippen LogP contribution in [0.25, 0.3) is 0 Å². The summed E-state index contributed by atoms with van der Waals surface area (Å²) in [6, 6.07) is 2.08. The maximum atomic E-state index is 13.6. The quantitative estimate of drug-likeness (QED) is 0.836. The number of anilines is 3. The van der Waals surface area contributed by atoms with Crippen LogP contribution in [0, 0.1) is 18.6 Å². The van der Waals surface area contributed by atoms with Crippen LogP contribution in [-0.4, -0.2) is 9.97 Å². The molecule has 0 radical (unpaired) electrons.